The highest BCUT2D eigenvalue weighted by atomic mass is 32.2. The van der Waals surface area contributed by atoms with Crippen molar-refractivity contribution in [2.75, 3.05) is 11.9 Å². The van der Waals surface area contributed by atoms with Crippen LogP contribution >= 0.6 is 0 Å². The van der Waals surface area contributed by atoms with Gasteiger partial charge in [0.05, 0.1) is 10.6 Å². The fraction of sp³-hybridized carbons (Fsp3) is 0.154. The first-order valence-corrected chi connectivity index (χ1v) is 7.13. The SMILES string of the molecule is CC(=O)N(C)c1cccc2cc(S(=O)(=O)O)cc(O)c12. The van der Waals surface area contributed by atoms with Gasteiger partial charge in [0.25, 0.3) is 10.1 Å². The Bertz CT molecular complexity index is 798. The third-order valence-corrected chi connectivity index (χ3v) is 3.87. The van der Waals surface area contributed by atoms with Gasteiger partial charge in [0.2, 0.25) is 5.91 Å². The van der Waals surface area contributed by atoms with Crippen LogP contribution in [0.5, 0.6) is 5.75 Å². The zero-order valence-electron chi connectivity index (χ0n) is 10.9. The monoisotopic (exact) mass is 295 g/mol. The number of phenols is 1. The van der Waals surface area contributed by atoms with Gasteiger partial charge in [-0.25, -0.2) is 0 Å². The van der Waals surface area contributed by atoms with Crippen LogP contribution in [0.3, 0.4) is 0 Å². The van der Waals surface area contributed by atoms with E-state index in [2.05, 4.69) is 0 Å². The molecule has 0 unspecified atom stereocenters. The fourth-order valence-electron chi connectivity index (χ4n) is 1.96. The molecule has 2 aromatic carbocycles. The van der Waals surface area contributed by atoms with E-state index in [1.165, 1.54) is 17.9 Å². The van der Waals surface area contributed by atoms with Crippen molar-refractivity contribution in [3.05, 3.63) is 30.3 Å². The molecule has 0 radical (unpaired) electrons. The molecule has 106 valence electrons. The van der Waals surface area contributed by atoms with E-state index in [0.717, 1.165) is 6.07 Å². The van der Waals surface area contributed by atoms with Gasteiger partial charge in [-0.05, 0) is 17.5 Å². The van der Waals surface area contributed by atoms with Gasteiger partial charge in [-0.2, -0.15) is 8.42 Å². The fourth-order valence-corrected chi connectivity index (χ4v) is 2.49. The molecule has 0 spiro atoms. The summed E-state index contributed by atoms with van der Waals surface area (Å²) in [6.07, 6.45) is 0. The predicted octanol–water partition coefficient (Wildman–Crippen LogP) is 1.77. The molecule has 0 saturated carbocycles. The lowest BCUT2D eigenvalue weighted by Gasteiger charge is -2.18. The van der Waals surface area contributed by atoms with Crippen LogP contribution < -0.4 is 4.90 Å². The quantitative estimate of drug-likeness (QED) is 0.823. The molecule has 0 aliphatic carbocycles. The van der Waals surface area contributed by atoms with Crippen molar-refractivity contribution in [3.8, 4) is 5.75 Å². The van der Waals surface area contributed by atoms with Crippen LogP contribution in [-0.2, 0) is 14.9 Å². The second kappa shape index (κ2) is 4.77. The molecule has 20 heavy (non-hydrogen) atoms. The maximum Gasteiger partial charge on any atom is 0.294 e. The Hall–Kier alpha value is -2.12. The lowest BCUT2D eigenvalue weighted by atomic mass is 10.1. The Balaban J connectivity index is 2.81. The highest BCUT2D eigenvalue weighted by Gasteiger charge is 2.17. The van der Waals surface area contributed by atoms with E-state index in [0.29, 0.717) is 16.5 Å². The number of phenolic OH excluding ortho intramolecular Hbond substituents is 1. The summed E-state index contributed by atoms with van der Waals surface area (Å²) in [7, 11) is -2.86. The standard InChI is InChI=1S/C13H13NO5S/c1-8(15)14(2)11-5-3-4-9-6-10(20(17,18)19)7-12(16)13(9)11/h3-7,16H,1-2H3,(H,17,18,19). The maximum atomic E-state index is 11.4. The van der Waals surface area contributed by atoms with Gasteiger partial charge in [0, 0.05) is 25.4 Å². The number of hydrogen-bond donors (Lipinski definition) is 2. The largest absolute Gasteiger partial charge is 0.507 e. The minimum atomic E-state index is -4.41. The zero-order valence-corrected chi connectivity index (χ0v) is 11.7. The van der Waals surface area contributed by atoms with Gasteiger partial charge < -0.3 is 10.0 Å². The highest BCUT2D eigenvalue weighted by molar-refractivity contribution is 7.85. The van der Waals surface area contributed by atoms with E-state index in [4.69, 9.17) is 4.55 Å². The van der Waals surface area contributed by atoms with Crippen LogP contribution in [0.4, 0.5) is 5.69 Å². The number of aromatic hydroxyl groups is 1. The Morgan fingerprint density at radius 2 is 1.90 bits per heavy atom. The van der Waals surface area contributed by atoms with Crippen LogP contribution in [0.1, 0.15) is 6.92 Å². The lowest BCUT2D eigenvalue weighted by Crippen LogP contribution is -2.22. The molecule has 6 nitrogen and oxygen atoms in total. The summed E-state index contributed by atoms with van der Waals surface area (Å²) >= 11 is 0. The first-order chi connectivity index (χ1) is 9.21. The number of fused-ring (bicyclic) bond motifs is 1. The minimum absolute atomic E-state index is 0.226. The molecule has 0 aromatic heterocycles. The van der Waals surface area contributed by atoms with Crippen LogP contribution in [0.2, 0.25) is 0 Å². The summed E-state index contributed by atoms with van der Waals surface area (Å²) in [5.41, 5.74) is 0.453. The first-order valence-electron chi connectivity index (χ1n) is 5.69. The van der Waals surface area contributed by atoms with Crippen molar-refractivity contribution in [1.82, 2.24) is 0 Å². The molecular formula is C13H13NO5S. The summed E-state index contributed by atoms with van der Waals surface area (Å²) in [4.78, 5) is 12.4. The number of rotatable bonds is 2. The molecule has 0 saturated heterocycles. The summed E-state index contributed by atoms with van der Waals surface area (Å²) < 4.78 is 31.3. The third kappa shape index (κ3) is 2.45. The van der Waals surface area contributed by atoms with E-state index in [9.17, 15) is 18.3 Å². The Morgan fingerprint density at radius 1 is 1.25 bits per heavy atom. The number of benzene rings is 2. The van der Waals surface area contributed by atoms with Gasteiger partial charge >= 0.3 is 0 Å². The highest BCUT2D eigenvalue weighted by Crippen LogP contribution is 2.35. The van der Waals surface area contributed by atoms with Gasteiger partial charge in [-0.15, -0.1) is 0 Å². The number of carbonyl (C=O) groups excluding carboxylic acids is 1. The summed E-state index contributed by atoms with van der Waals surface area (Å²) in [6, 6.07) is 7.04. The molecular weight excluding hydrogens is 282 g/mol. The van der Waals surface area contributed by atoms with E-state index in [1.807, 2.05) is 0 Å². The number of hydrogen-bond acceptors (Lipinski definition) is 4. The van der Waals surface area contributed by atoms with Gasteiger partial charge in [-0.1, -0.05) is 12.1 Å². The number of amides is 1. The third-order valence-electron chi connectivity index (χ3n) is 3.04. The molecule has 2 aromatic rings. The number of anilines is 1. The molecule has 0 fully saturated rings. The molecule has 0 aliphatic rings. The van der Waals surface area contributed by atoms with E-state index < -0.39 is 15.0 Å². The lowest BCUT2D eigenvalue weighted by molar-refractivity contribution is -0.116. The van der Waals surface area contributed by atoms with Gasteiger partial charge in [0.15, 0.2) is 0 Å². The van der Waals surface area contributed by atoms with E-state index >= 15 is 0 Å². The molecule has 2 rings (SSSR count). The van der Waals surface area contributed by atoms with E-state index in [-0.39, 0.29) is 11.7 Å². The van der Waals surface area contributed by atoms with Crippen LogP contribution in [0.15, 0.2) is 35.2 Å². The van der Waals surface area contributed by atoms with Crippen LogP contribution in [-0.4, -0.2) is 31.0 Å². The first kappa shape index (κ1) is 14.3. The van der Waals surface area contributed by atoms with Crippen molar-refractivity contribution in [1.29, 1.82) is 0 Å². The Morgan fingerprint density at radius 3 is 2.45 bits per heavy atom. The van der Waals surface area contributed by atoms with Crippen molar-refractivity contribution in [2.45, 2.75) is 11.8 Å². The van der Waals surface area contributed by atoms with Gasteiger partial charge in [0.1, 0.15) is 5.75 Å². The van der Waals surface area contributed by atoms with Crippen molar-refractivity contribution in [2.24, 2.45) is 0 Å². The Kier molecular flexibility index (Phi) is 3.41. The van der Waals surface area contributed by atoms with Crippen LogP contribution in [0.25, 0.3) is 10.8 Å². The molecule has 7 heteroatoms. The van der Waals surface area contributed by atoms with Crippen LogP contribution in [0, 0.1) is 0 Å². The molecule has 0 bridgehead atoms. The molecule has 1 amide bonds. The second-order valence-electron chi connectivity index (χ2n) is 4.37. The zero-order chi connectivity index (χ0) is 15.1. The maximum absolute atomic E-state index is 11.4. The minimum Gasteiger partial charge on any atom is -0.507 e. The Labute approximate surface area is 116 Å². The molecule has 2 N–H and O–H groups in total. The normalized spacial score (nSPS) is 11.6. The summed E-state index contributed by atoms with van der Waals surface area (Å²) in [5.74, 6) is -0.547. The van der Waals surface area contributed by atoms with E-state index in [1.54, 1.807) is 25.2 Å². The van der Waals surface area contributed by atoms with Crippen molar-refractivity contribution >= 4 is 32.5 Å². The predicted molar refractivity (Wildman–Crippen MR) is 74.5 cm³/mol. The molecule has 0 atom stereocenters. The summed E-state index contributed by atoms with van der Waals surface area (Å²) in [6.45, 7) is 1.38. The smallest absolute Gasteiger partial charge is 0.294 e. The summed E-state index contributed by atoms with van der Waals surface area (Å²) in [5, 5.41) is 10.8. The second-order valence-corrected chi connectivity index (χ2v) is 5.79. The molecule has 0 aliphatic heterocycles. The van der Waals surface area contributed by atoms with Crippen molar-refractivity contribution in [3.63, 3.8) is 0 Å². The van der Waals surface area contributed by atoms with Crippen molar-refractivity contribution < 1.29 is 22.9 Å². The average molecular weight is 295 g/mol. The average Bonchev–Trinajstić information content (AvgIpc) is 2.35. The number of carbonyl (C=O) groups is 1. The molecule has 0 heterocycles. The topological polar surface area (TPSA) is 94.9 Å². The van der Waals surface area contributed by atoms with Gasteiger partial charge in [-0.3, -0.25) is 9.35 Å². The number of nitrogens with zero attached hydrogens (tertiary/aromatic N) is 1.